The highest BCUT2D eigenvalue weighted by Gasteiger charge is 1.95. The van der Waals surface area contributed by atoms with Crippen LogP contribution in [0.3, 0.4) is 0 Å². The van der Waals surface area contributed by atoms with Crippen molar-refractivity contribution in [3.05, 3.63) is 45.8 Å². The predicted octanol–water partition coefficient (Wildman–Crippen LogP) is 2.07. The van der Waals surface area contributed by atoms with Gasteiger partial charge in [-0.25, -0.2) is 0 Å². The molecule has 0 radical (unpaired) electrons. The summed E-state index contributed by atoms with van der Waals surface area (Å²) in [4.78, 5) is 2.64. The zero-order valence-electron chi connectivity index (χ0n) is 8.57. The monoisotopic (exact) mass is 200 g/mol. The minimum Gasteiger partial charge on any atom is -0.316 e. The Hall–Kier alpha value is -1.95. The van der Waals surface area contributed by atoms with E-state index in [0.29, 0.717) is 0 Å². The van der Waals surface area contributed by atoms with E-state index in [9.17, 15) is 0 Å². The first kappa shape index (κ1) is 11.1. The molecule has 0 saturated heterocycles. The van der Waals surface area contributed by atoms with Gasteiger partial charge in [0.2, 0.25) is 0 Å². The van der Waals surface area contributed by atoms with Crippen LogP contribution in [-0.4, -0.2) is 13.6 Å². The van der Waals surface area contributed by atoms with Crippen molar-refractivity contribution in [1.82, 2.24) is 5.32 Å². The van der Waals surface area contributed by atoms with Gasteiger partial charge in [-0.05, 0) is 24.2 Å². The Bertz CT molecular complexity index is 422. The molecule has 15 heavy (non-hydrogen) atoms. The van der Waals surface area contributed by atoms with E-state index in [4.69, 9.17) is 5.53 Å². The summed E-state index contributed by atoms with van der Waals surface area (Å²) in [6.45, 7) is 0.997. The van der Waals surface area contributed by atoms with Crippen molar-refractivity contribution in [3.8, 4) is 11.8 Å². The minimum absolute atomic E-state index is 0.213. The Kier molecular flexibility index (Phi) is 4.82. The van der Waals surface area contributed by atoms with E-state index in [1.807, 2.05) is 31.3 Å². The van der Waals surface area contributed by atoms with Crippen LogP contribution in [-0.2, 0) is 6.54 Å². The second-order valence-electron chi connectivity index (χ2n) is 2.88. The summed E-state index contributed by atoms with van der Waals surface area (Å²) >= 11 is 0. The van der Waals surface area contributed by atoms with Gasteiger partial charge in [0.1, 0.15) is 0 Å². The first-order valence-electron chi connectivity index (χ1n) is 4.60. The first-order valence-corrected chi connectivity index (χ1v) is 4.60. The molecular formula is C11H12N4. The van der Waals surface area contributed by atoms with Gasteiger partial charge in [-0.3, -0.25) is 0 Å². The van der Waals surface area contributed by atoms with Crippen molar-refractivity contribution in [2.45, 2.75) is 6.54 Å². The van der Waals surface area contributed by atoms with Gasteiger partial charge in [-0.1, -0.05) is 35.2 Å². The maximum atomic E-state index is 8.08. The van der Waals surface area contributed by atoms with Gasteiger partial charge in [0.05, 0.1) is 6.54 Å². The number of benzene rings is 1. The van der Waals surface area contributed by atoms with Crippen molar-refractivity contribution in [2.24, 2.45) is 5.11 Å². The zero-order chi connectivity index (χ0) is 10.9. The fourth-order valence-electron chi connectivity index (χ4n) is 1.19. The average molecular weight is 200 g/mol. The Morgan fingerprint density at radius 3 is 3.00 bits per heavy atom. The highest BCUT2D eigenvalue weighted by Crippen LogP contribution is 2.06. The number of nitrogens with one attached hydrogen (secondary N) is 1. The second kappa shape index (κ2) is 6.50. The number of rotatable bonds is 3. The van der Waals surface area contributed by atoms with Crippen LogP contribution in [0.4, 0.5) is 0 Å². The summed E-state index contributed by atoms with van der Waals surface area (Å²) in [6, 6.07) is 7.89. The molecule has 1 rings (SSSR count). The van der Waals surface area contributed by atoms with E-state index >= 15 is 0 Å². The van der Waals surface area contributed by atoms with Gasteiger partial charge >= 0.3 is 0 Å². The topological polar surface area (TPSA) is 60.8 Å². The van der Waals surface area contributed by atoms with Gasteiger partial charge in [0, 0.05) is 17.0 Å². The first-order chi connectivity index (χ1) is 7.38. The van der Waals surface area contributed by atoms with Crippen LogP contribution in [0.2, 0.25) is 0 Å². The molecule has 0 aliphatic carbocycles. The summed E-state index contributed by atoms with van der Waals surface area (Å²) < 4.78 is 0. The molecule has 1 N–H and O–H groups in total. The lowest BCUT2D eigenvalue weighted by Gasteiger charge is -2.02. The third kappa shape index (κ3) is 3.74. The zero-order valence-corrected chi connectivity index (χ0v) is 8.57. The second-order valence-corrected chi connectivity index (χ2v) is 2.88. The molecule has 0 aliphatic heterocycles. The molecule has 4 heteroatoms. The molecule has 0 aromatic heterocycles. The molecule has 0 unspecified atom stereocenters. The molecule has 0 amide bonds. The largest absolute Gasteiger partial charge is 0.316 e. The summed E-state index contributed by atoms with van der Waals surface area (Å²) in [6.07, 6.45) is 0. The van der Waals surface area contributed by atoms with Gasteiger partial charge in [-0.15, -0.1) is 0 Å². The highest BCUT2D eigenvalue weighted by atomic mass is 15.1. The standard InChI is InChI=1S/C11H12N4/c1-13-9-11-6-3-2-5-10(11)7-4-8-14-15-12/h2-3,5-6,13H,8-9H2,1H3. The molecule has 0 fully saturated rings. The van der Waals surface area contributed by atoms with Crippen LogP contribution in [0.5, 0.6) is 0 Å². The average Bonchev–Trinajstić information content (AvgIpc) is 2.27. The SMILES string of the molecule is CNCc1ccccc1C#CCN=[N+]=[N-]. The lowest BCUT2D eigenvalue weighted by atomic mass is 10.1. The van der Waals surface area contributed by atoms with Crippen LogP contribution >= 0.6 is 0 Å². The lowest BCUT2D eigenvalue weighted by Crippen LogP contribution is -2.06. The molecular weight excluding hydrogens is 188 g/mol. The van der Waals surface area contributed by atoms with E-state index in [1.165, 1.54) is 0 Å². The molecule has 0 atom stereocenters. The molecule has 1 aromatic rings. The third-order valence-electron chi connectivity index (χ3n) is 1.82. The Balaban J connectivity index is 2.81. The maximum Gasteiger partial charge on any atom is 0.0880 e. The molecule has 0 aliphatic rings. The van der Waals surface area contributed by atoms with Crippen molar-refractivity contribution >= 4 is 0 Å². The predicted molar refractivity (Wildman–Crippen MR) is 60.1 cm³/mol. The van der Waals surface area contributed by atoms with Crippen molar-refractivity contribution in [3.63, 3.8) is 0 Å². The van der Waals surface area contributed by atoms with Gasteiger partial charge in [0.25, 0.3) is 0 Å². The van der Waals surface area contributed by atoms with E-state index in [1.54, 1.807) is 0 Å². The maximum absolute atomic E-state index is 8.08. The molecule has 0 spiro atoms. The van der Waals surface area contributed by atoms with E-state index in [-0.39, 0.29) is 6.54 Å². The normalized spacial score (nSPS) is 8.60. The number of hydrogen-bond donors (Lipinski definition) is 1. The molecule has 0 saturated carbocycles. The van der Waals surface area contributed by atoms with Crippen LogP contribution in [0.25, 0.3) is 10.4 Å². The smallest absolute Gasteiger partial charge is 0.0880 e. The highest BCUT2D eigenvalue weighted by molar-refractivity contribution is 5.41. The van der Waals surface area contributed by atoms with Crippen molar-refractivity contribution < 1.29 is 0 Å². The van der Waals surface area contributed by atoms with Crippen molar-refractivity contribution in [2.75, 3.05) is 13.6 Å². The third-order valence-corrected chi connectivity index (χ3v) is 1.82. The molecule has 0 heterocycles. The fraction of sp³-hybridized carbons (Fsp3) is 0.273. The lowest BCUT2D eigenvalue weighted by molar-refractivity contribution is 0.816. The summed E-state index contributed by atoms with van der Waals surface area (Å²) in [5, 5.41) is 6.43. The summed E-state index contributed by atoms with van der Waals surface area (Å²) in [5.74, 6) is 5.78. The summed E-state index contributed by atoms with van der Waals surface area (Å²) in [5.41, 5.74) is 10.2. The van der Waals surface area contributed by atoms with Crippen LogP contribution in [0, 0.1) is 11.8 Å². The number of azide groups is 1. The number of nitrogens with zero attached hydrogens (tertiary/aromatic N) is 3. The Labute approximate surface area is 88.9 Å². The Morgan fingerprint density at radius 2 is 2.27 bits per heavy atom. The fourth-order valence-corrected chi connectivity index (χ4v) is 1.19. The van der Waals surface area contributed by atoms with E-state index < -0.39 is 0 Å². The van der Waals surface area contributed by atoms with Crippen LogP contribution in [0.15, 0.2) is 29.4 Å². The quantitative estimate of drug-likeness (QED) is 0.345. The molecule has 4 nitrogen and oxygen atoms in total. The summed E-state index contributed by atoms with van der Waals surface area (Å²) in [7, 11) is 1.89. The minimum atomic E-state index is 0.213. The van der Waals surface area contributed by atoms with Gasteiger partial charge < -0.3 is 5.32 Å². The van der Waals surface area contributed by atoms with E-state index in [0.717, 1.165) is 17.7 Å². The van der Waals surface area contributed by atoms with Crippen LogP contribution < -0.4 is 5.32 Å². The molecule has 0 bridgehead atoms. The molecule has 1 aromatic carbocycles. The molecule has 76 valence electrons. The van der Waals surface area contributed by atoms with Gasteiger partial charge in [0.15, 0.2) is 0 Å². The van der Waals surface area contributed by atoms with Crippen LogP contribution in [0.1, 0.15) is 11.1 Å². The Morgan fingerprint density at radius 1 is 1.47 bits per heavy atom. The van der Waals surface area contributed by atoms with E-state index in [2.05, 4.69) is 27.2 Å². The van der Waals surface area contributed by atoms with Gasteiger partial charge in [-0.2, -0.15) is 0 Å². The number of hydrogen-bond acceptors (Lipinski definition) is 2. The van der Waals surface area contributed by atoms with Crippen molar-refractivity contribution in [1.29, 1.82) is 0 Å².